The van der Waals surface area contributed by atoms with E-state index in [0.29, 0.717) is 5.75 Å². The Hall–Kier alpha value is -1.52. The molecule has 100 valence electrons. The van der Waals surface area contributed by atoms with Crippen LogP contribution in [0.15, 0.2) is 52.3 Å². The van der Waals surface area contributed by atoms with E-state index in [2.05, 4.69) is 0 Å². The van der Waals surface area contributed by atoms with Gasteiger partial charge in [0.2, 0.25) is 0 Å². The lowest BCUT2D eigenvalue weighted by molar-refractivity contribution is 0.193. The highest BCUT2D eigenvalue weighted by atomic mass is 32.2. The van der Waals surface area contributed by atoms with Crippen molar-refractivity contribution in [3.63, 3.8) is 0 Å². The fourth-order valence-corrected chi connectivity index (χ4v) is 2.76. The van der Waals surface area contributed by atoms with Crippen LogP contribution in [0.4, 0.5) is 4.39 Å². The predicted octanol–water partition coefficient (Wildman–Crippen LogP) is 4.04. The topological polar surface area (TPSA) is 29.5 Å². The first-order chi connectivity index (χ1) is 9.11. The molecule has 2 rings (SSSR count). The van der Waals surface area contributed by atoms with Gasteiger partial charge in [0, 0.05) is 10.5 Å². The van der Waals surface area contributed by atoms with Gasteiger partial charge in [-0.1, -0.05) is 23.9 Å². The molecular weight excluding hydrogens is 263 g/mol. The molecule has 4 heteroatoms. The van der Waals surface area contributed by atoms with Crippen molar-refractivity contribution in [1.29, 1.82) is 0 Å². The molecule has 1 unspecified atom stereocenters. The number of benzene rings is 2. The van der Waals surface area contributed by atoms with Crippen molar-refractivity contribution in [3.05, 3.63) is 53.8 Å². The van der Waals surface area contributed by atoms with Crippen molar-refractivity contribution in [2.24, 2.45) is 0 Å². The van der Waals surface area contributed by atoms with E-state index in [4.69, 9.17) is 4.74 Å². The Morgan fingerprint density at radius 3 is 2.42 bits per heavy atom. The quantitative estimate of drug-likeness (QED) is 0.915. The Bertz CT molecular complexity index is 553. The Labute approximate surface area is 116 Å². The first-order valence-electron chi connectivity index (χ1n) is 5.90. The summed E-state index contributed by atoms with van der Waals surface area (Å²) in [6, 6.07) is 11.9. The normalized spacial score (nSPS) is 12.2. The van der Waals surface area contributed by atoms with Crippen LogP contribution in [0.25, 0.3) is 0 Å². The third-order valence-corrected chi connectivity index (χ3v) is 3.75. The maximum atomic E-state index is 12.9. The zero-order chi connectivity index (χ0) is 13.8. The first-order valence-corrected chi connectivity index (χ1v) is 6.72. The minimum atomic E-state index is -0.594. The summed E-state index contributed by atoms with van der Waals surface area (Å²) in [5.74, 6) is 0.404. The molecule has 2 aromatic rings. The molecular formula is C15H15FO2S. The number of hydrogen-bond donors (Lipinski definition) is 1. The maximum Gasteiger partial charge on any atom is 0.138 e. The van der Waals surface area contributed by atoms with Crippen LogP contribution in [0.3, 0.4) is 0 Å². The fraction of sp³-hybridized carbons (Fsp3) is 0.200. The van der Waals surface area contributed by atoms with Crippen molar-refractivity contribution in [2.45, 2.75) is 22.8 Å². The van der Waals surface area contributed by atoms with Gasteiger partial charge in [0.15, 0.2) is 0 Å². The van der Waals surface area contributed by atoms with E-state index in [1.807, 2.05) is 18.2 Å². The van der Waals surface area contributed by atoms with E-state index in [1.54, 1.807) is 26.2 Å². The second-order valence-corrected chi connectivity index (χ2v) is 5.23. The number of hydrogen-bond acceptors (Lipinski definition) is 3. The van der Waals surface area contributed by atoms with Crippen molar-refractivity contribution >= 4 is 11.8 Å². The zero-order valence-electron chi connectivity index (χ0n) is 10.8. The standard InChI is InChI=1S/C15H15FO2S/c1-10(17)13-4-3-5-14(15(13)18-2)19-12-8-6-11(16)7-9-12/h3-10,17H,1-2H3. The van der Waals surface area contributed by atoms with Gasteiger partial charge < -0.3 is 9.84 Å². The lowest BCUT2D eigenvalue weighted by Gasteiger charge is -2.14. The molecule has 0 heterocycles. The summed E-state index contributed by atoms with van der Waals surface area (Å²) in [6.45, 7) is 1.70. The molecule has 2 nitrogen and oxygen atoms in total. The number of aliphatic hydroxyl groups is 1. The minimum Gasteiger partial charge on any atom is -0.495 e. The van der Waals surface area contributed by atoms with Crippen LogP contribution in [0.5, 0.6) is 5.75 Å². The molecule has 0 aliphatic rings. The van der Waals surface area contributed by atoms with Gasteiger partial charge in [-0.2, -0.15) is 0 Å². The van der Waals surface area contributed by atoms with Crippen LogP contribution in [-0.4, -0.2) is 12.2 Å². The van der Waals surface area contributed by atoms with Gasteiger partial charge in [-0.15, -0.1) is 0 Å². The highest BCUT2D eigenvalue weighted by molar-refractivity contribution is 7.99. The highest BCUT2D eigenvalue weighted by Gasteiger charge is 2.13. The predicted molar refractivity (Wildman–Crippen MR) is 74.2 cm³/mol. The Kier molecular flexibility index (Phi) is 4.45. The van der Waals surface area contributed by atoms with E-state index in [1.165, 1.54) is 23.9 Å². The number of halogens is 1. The van der Waals surface area contributed by atoms with Gasteiger partial charge in [-0.05, 0) is 37.3 Å². The van der Waals surface area contributed by atoms with Crippen LogP contribution < -0.4 is 4.74 Å². The number of para-hydroxylation sites is 1. The van der Waals surface area contributed by atoms with E-state index < -0.39 is 6.10 Å². The molecule has 0 spiro atoms. The summed E-state index contributed by atoms with van der Waals surface area (Å²) >= 11 is 1.48. The van der Waals surface area contributed by atoms with Crippen molar-refractivity contribution in [1.82, 2.24) is 0 Å². The summed E-state index contributed by atoms with van der Waals surface area (Å²) in [6.07, 6.45) is -0.594. The molecule has 19 heavy (non-hydrogen) atoms. The summed E-state index contributed by atoms with van der Waals surface area (Å²) < 4.78 is 18.3. The lowest BCUT2D eigenvalue weighted by atomic mass is 10.1. The molecule has 0 amide bonds. The second-order valence-electron chi connectivity index (χ2n) is 4.11. The Morgan fingerprint density at radius 1 is 1.16 bits per heavy atom. The van der Waals surface area contributed by atoms with Gasteiger partial charge in [0.1, 0.15) is 11.6 Å². The average molecular weight is 278 g/mol. The largest absolute Gasteiger partial charge is 0.495 e. The van der Waals surface area contributed by atoms with E-state index in [-0.39, 0.29) is 5.82 Å². The molecule has 2 aromatic carbocycles. The number of methoxy groups -OCH3 is 1. The molecule has 0 bridgehead atoms. The zero-order valence-corrected chi connectivity index (χ0v) is 11.6. The van der Waals surface area contributed by atoms with Crippen LogP contribution in [0.1, 0.15) is 18.6 Å². The van der Waals surface area contributed by atoms with Crippen LogP contribution >= 0.6 is 11.8 Å². The Morgan fingerprint density at radius 2 is 1.84 bits per heavy atom. The fourth-order valence-electron chi connectivity index (χ4n) is 1.79. The summed E-state index contributed by atoms with van der Waals surface area (Å²) in [5.41, 5.74) is 0.745. The summed E-state index contributed by atoms with van der Waals surface area (Å²) in [4.78, 5) is 1.81. The second kappa shape index (κ2) is 6.08. The van der Waals surface area contributed by atoms with Crippen LogP contribution in [0.2, 0.25) is 0 Å². The summed E-state index contributed by atoms with van der Waals surface area (Å²) in [7, 11) is 1.58. The van der Waals surface area contributed by atoms with Crippen LogP contribution in [0, 0.1) is 5.82 Å². The SMILES string of the molecule is COc1c(Sc2ccc(F)cc2)cccc1C(C)O. The van der Waals surface area contributed by atoms with Gasteiger partial charge in [-0.3, -0.25) is 0 Å². The molecule has 0 aliphatic heterocycles. The number of ether oxygens (including phenoxy) is 1. The molecule has 1 N–H and O–H groups in total. The maximum absolute atomic E-state index is 12.9. The first kappa shape index (κ1) is 13.9. The third-order valence-electron chi connectivity index (χ3n) is 2.71. The Balaban J connectivity index is 2.34. The number of aliphatic hydroxyl groups excluding tert-OH is 1. The van der Waals surface area contributed by atoms with E-state index in [0.717, 1.165) is 15.4 Å². The van der Waals surface area contributed by atoms with Gasteiger partial charge in [0.25, 0.3) is 0 Å². The smallest absolute Gasteiger partial charge is 0.138 e. The van der Waals surface area contributed by atoms with Crippen LogP contribution in [-0.2, 0) is 0 Å². The molecule has 0 fully saturated rings. The average Bonchev–Trinajstić information content (AvgIpc) is 2.41. The summed E-state index contributed by atoms with van der Waals surface area (Å²) in [5, 5.41) is 9.72. The molecule has 0 radical (unpaired) electrons. The van der Waals surface area contributed by atoms with E-state index >= 15 is 0 Å². The van der Waals surface area contributed by atoms with Gasteiger partial charge in [0.05, 0.1) is 18.1 Å². The van der Waals surface area contributed by atoms with Gasteiger partial charge >= 0.3 is 0 Å². The van der Waals surface area contributed by atoms with E-state index in [9.17, 15) is 9.50 Å². The monoisotopic (exact) mass is 278 g/mol. The van der Waals surface area contributed by atoms with Crippen molar-refractivity contribution < 1.29 is 14.2 Å². The van der Waals surface area contributed by atoms with Crippen molar-refractivity contribution in [2.75, 3.05) is 7.11 Å². The third kappa shape index (κ3) is 3.28. The minimum absolute atomic E-state index is 0.256. The molecule has 0 saturated carbocycles. The highest BCUT2D eigenvalue weighted by Crippen LogP contribution is 2.39. The number of rotatable bonds is 4. The molecule has 0 aromatic heterocycles. The molecule has 0 aliphatic carbocycles. The van der Waals surface area contributed by atoms with Crippen molar-refractivity contribution in [3.8, 4) is 5.75 Å². The lowest BCUT2D eigenvalue weighted by Crippen LogP contribution is -1.97. The van der Waals surface area contributed by atoms with Gasteiger partial charge in [-0.25, -0.2) is 4.39 Å². The molecule has 0 saturated heterocycles. The molecule has 1 atom stereocenters.